The van der Waals surface area contributed by atoms with Gasteiger partial charge in [-0.2, -0.15) is 0 Å². The number of ether oxygens (including phenoxy) is 1. The summed E-state index contributed by atoms with van der Waals surface area (Å²) in [5.74, 6) is 0.0452. The van der Waals surface area contributed by atoms with E-state index in [9.17, 15) is 4.79 Å². The predicted molar refractivity (Wildman–Crippen MR) is 53.0 cm³/mol. The quantitative estimate of drug-likeness (QED) is 0.670. The molecule has 0 radical (unpaired) electrons. The monoisotopic (exact) mass is 198 g/mol. The first kappa shape index (κ1) is 9.93. The van der Waals surface area contributed by atoms with E-state index in [4.69, 9.17) is 4.74 Å². The summed E-state index contributed by atoms with van der Waals surface area (Å²) in [5, 5.41) is 6.10. The molecule has 0 spiro atoms. The maximum absolute atomic E-state index is 11.4. The average Bonchev–Trinajstić information content (AvgIpc) is 2.54. The summed E-state index contributed by atoms with van der Waals surface area (Å²) in [6, 6.07) is 0.408. The summed E-state index contributed by atoms with van der Waals surface area (Å²) in [6.07, 6.45) is 5.02. The summed E-state index contributed by atoms with van der Waals surface area (Å²) < 4.78 is 5.38. The van der Waals surface area contributed by atoms with E-state index >= 15 is 0 Å². The highest BCUT2D eigenvalue weighted by molar-refractivity contribution is 5.77. The topological polar surface area (TPSA) is 50.4 Å². The molecule has 0 atom stereocenters. The fraction of sp³-hybridized carbons (Fsp3) is 0.900. The van der Waals surface area contributed by atoms with Gasteiger partial charge in [0.25, 0.3) is 0 Å². The first-order valence-electron chi connectivity index (χ1n) is 5.46. The van der Waals surface area contributed by atoms with Gasteiger partial charge < -0.3 is 15.4 Å². The zero-order chi connectivity index (χ0) is 9.80. The first-order chi connectivity index (χ1) is 6.84. The van der Waals surface area contributed by atoms with Crippen molar-refractivity contribution in [1.29, 1.82) is 0 Å². The van der Waals surface area contributed by atoms with Crippen LogP contribution in [0.1, 0.15) is 25.7 Å². The van der Waals surface area contributed by atoms with Crippen LogP contribution in [0, 0.1) is 0 Å². The van der Waals surface area contributed by atoms with Gasteiger partial charge in [-0.25, -0.2) is 0 Å². The molecule has 1 aliphatic heterocycles. The lowest BCUT2D eigenvalue weighted by Gasteiger charge is -2.27. The van der Waals surface area contributed by atoms with Crippen LogP contribution in [0.5, 0.6) is 0 Å². The van der Waals surface area contributed by atoms with E-state index in [0.29, 0.717) is 6.04 Å². The smallest absolute Gasteiger partial charge is 0.246 e. The largest absolute Gasteiger partial charge is 0.366 e. The zero-order valence-electron chi connectivity index (χ0n) is 8.42. The van der Waals surface area contributed by atoms with Crippen molar-refractivity contribution in [3.8, 4) is 0 Å². The molecule has 0 aromatic rings. The Morgan fingerprint density at radius 1 is 1.36 bits per heavy atom. The number of nitrogens with one attached hydrogen (secondary N) is 2. The van der Waals surface area contributed by atoms with Crippen molar-refractivity contribution in [2.24, 2.45) is 0 Å². The lowest BCUT2D eigenvalue weighted by molar-refractivity contribution is -0.129. The molecule has 4 nitrogen and oxygen atoms in total. The van der Waals surface area contributed by atoms with Gasteiger partial charge in [0.05, 0.1) is 6.10 Å². The summed E-state index contributed by atoms with van der Waals surface area (Å²) in [4.78, 5) is 11.4. The van der Waals surface area contributed by atoms with E-state index in [2.05, 4.69) is 10.6 Å². The molecule has 0 bridgehead atoms. The van der Waals surface area contributed by atoms with Crippen LogP contribution < -0.4 is 10.6 Å². The number of carbonyl (C=O) groups excluding carboxylic acids is 1. The number of hydrogen-bond donors (Lipinski definition) is 2. The van der Waals surface area contributed by atoms with Crippen LogP contribution in [0.25, 0.3) is 0 Å². The SMILES string of the molecule is O=C(COC1CNC1)NC1CCCC1. The molecule has 4 heteroatoms. The maximum Gasteiger partial charge on any atom is 0.246 e. The van der Waals surface area contributed by atoms with Gasteiger partial charge in [0.15, 0.2) is 0 Å². The third kappa shape index (κ3) is 2.69. The molecule has 2 rings (SSSR count). The number of rotatable bonds is 4. The van der Waals surface area contributed by atoms with Crippen LogP contribution in [0.4, 0.5) is 0 Å². The molecule has 0 aromatic heterocycles. The molecular weight excluding hydrogens is 180 g/mol. The highest BCUT2D eigenvalue weighted by Crippen LogP contribution is 2.17. The molecule has 80 valence electrons. The minimum atomic E-state index is 0.0452. The van der Waals surface area contributed by atoms with Crippen molar-refractivity contribution in [2.45, 2.75) is 37.8 Å². The van der Waals surface area contributed by atoms with E-state index in [1.54, 1.807) is 0 Å². The lowest BCUT2D eigenvalue weighted by Crippen LogP contribution is -2.50. The minimum Gasteiger partial charge on any atom is -0.366 e. The van der Waals surface area contributed by atoms with Crippen molar-refractivity contribution in [3.63, 3.8) is 0 Å². The molecule has 1 aliphatic carbocycles. The van der Waals surface area contributed by atoms with Gasteiger partial charge in [0.1, 0.15) is 6.61 Å². The highest BCUT2D eigenvalue weighted by atomic mass is 16.5. The van der Waals surface area contributed by atoms with E-state index in [1.165, 1.54) is 12.8 Å². The Morgan fingerprint density at radius 3 is 2.64 bits per heavy atom. The van der Waals surface area contributed by atoms with E-state index in [-0.39, 0.29) is 18.6 Å². The van der Waals surface area contributed by atoms with Gasteiger partial charge in [0.2, 0.25) is 5.91 Å². The lowest BCUT2D eigenvalue weighted by atomic mass is 10.2. The minimum absolute atomic E-state index is 0.0452. The van der Waals surface area contributed by atoms with Gasteiger partial charge in [0, 0.05) is 19.1 Å². The van der Waals surface area contributed by atoms with Crippen LogP contribution >= 0.6 is 0 Å². The Bertz CT molecular complexity index is 198. The molecule has 1 saturated carbocycles. The second-order valence-corrected chi connectivity index (χ2v) is 4.14. The molecule has 1 amide bonds. The van der Waals surface area contributed by atoms with Crippen molar-refractivity contribution in [1.82, 2.24) is 10.6 Å². The Labute approximate surface area is 84.4 Å². The highest BCUT2D eigenvalue weighted by Gasteiger charge is 2.20. The Hall–Kier alpha value is -0.610. The summed E-state index contributed by atoms with van der Waals surface area (Å²) >= 11 is 0. The normalized spacial score (nSPS) is 23.4. The Kier molecular flexibility index (Phi) is 3.37. The first-order valence-corrected chi connectivity index (χ1v) is 5.46. The van der Waals surface area contributed by atoms with Gasteiger partial charge in [-0.15, -0.1) is 0 Å². The van der Waals surface area contributed by atoms with Crippen molar-refractivity contribution in [3.05, 3.63) is 0 Å². The summed E-state index contributed by atoms with van der Waals surface area (Å²) in [7, 11) is 0. The Morgan fingerprint density at radius 2 is 2.07 bits per heavy atom. The van der Waals surface area contributed by atoms with E-state index < -0.39 is 0 Å². The number of carbonyl (C=O) groups is 1. The molecule has 2 aliphatic rings. The average molecular weight is 198 g/mol. The van der Waals surface area contributed by atoms with Crippen LogP contribution in [0.15, 0.2) is 0 Å². The molecule has 0 aromatic carbocycles. The van der Waals surface area contributed by atoms with Crippen LogP contribution in [-0.2, 0) is 9.53 Å². The van der Waals surface area contributed by atoms with Crippen LogP contribution in [0.2, 0.25) is 0 Å². The standard InChI is InChI=1S/C10H18N2O2/c13-10(7-14-9-5-11-6-9)12-8-3-1-2-4-8/h8-9,11H,1-7H2,(H,12,13). The van der Waals surface area contributed by atoms with Gasteiger partial charge in [-0.1, -0.05) is 12.8 Å². The maximum atomic E-state index is 11.4. The van der Waals surface area contributed by atoms with E-state index in [0.717, 1.165) is 25.9 Å². The van der Waals surface area contributed by atoms with Crippen molar-refractivity contribution < 1.29 is 9.53 Å². The van der Waals surface area contributed by atoms with Crippen LogP contribution in [0.3, 0.4) is 0 Å². The molecule has 1 saturated heterocycles. The molecule has 0 unspecified atom stereocenters. The van der Waals surface area contributed by atoms with Gasteiger partial charge in [-0.05, 0) is 12.8 Å². The molecular formula is C10H18N2O2. The van der Waals surface area contributed by atoms with Crippen molar-refractivity contribution in [2.75, 3.05) is 19.7 Å². The Balaban J connectivity index is 1.57. The predicted octanol–water partition coefficient (Wildman–Crippen LogP) is 0.0336. The molecule has 2 fully saturated rings. The molecule has 14 heavy (non-hydrogen) atoms. The third-order valence-electron chi connectivity index (χ3n) is 2.91. The second-order valence-electron chi connectivity index (χ2n) is 4.14. The zero-order valence-corrected chi connectivity index (χ0v) is 8.42. The second kappa shape index (κ2) is 4.75. The third-order valence-corrected chi connectivity index (χ3v) is 2.91. The molecule has 1 heterocycles. The van der Waals surface area contributed by atoms with E-state index in [1.807, 2.05) is 0 Å². The van der Waals surface area contributed by atoms with Crippen molar-refractivity contribution >= 4 is 5.91 Å². The van der Waals surface area contributed by atoms with Gasteiger partial charge in [-0.3, -0.25) is 4.79 Å². The summed E-state index contributed by atoms with van der Waals surface area (Å²) in [6.45, 7) is 2.00. The fourth-order valence-corrected chi connectivity index (χ4v) is 1.91. The van der Waals surface area contributed by atoms with Crippen LogP contribution in [-0.4, -0.2) is 37.7 Å². The molecule has 2 N–H and O–H groups in total. The summed E-state index contributed by atoms with van der Waals surface area (Å²) in [5.41, 5.74) is 0. The number of hydrogen-bond acceptors (Lipinski definition) is 3. The van der Waals surface area contributed by atoms with Gasteiger partial charge >= 0.3 is 0 Å². The fourth-order valence-electron chi connectivity index (χ4n) is 1.91. The number of amides is 1.